The number of benzene rings is 3. The summed E-state index contributed by atoms with van der Waals surface area (Å²) >= 11 is 12.1. The summed E-state index contributed by atoms with van der Waals surface area (Å²) in [5, 5.41) is 8.50. The Labute approximate surface area is 184 Å². The minimum Gasteiger partial charge on any atom is -0.319 e. The van der Waals surface area contributed by atoms with E-state index in [0.29, 0.717) is 21.6 Å². The second-order valence-electron chi connectivity index (χ2n) is 6.93. The second kappa shape index (κ2) is 8.30. The van der Waals surface area contributed by atoms with Gasteiger partial charge in [-0.05, 0) is 67.4 Å². The van der Waals surface area contributed by atoms with Crippen LogP contribution in [0.1, 0.15) is 21.7 Å². The first-order chi connectivity index (χ1) is 14.4. The van der Waals surface area contributed by atoms with E-state index in [-0.39, 0.29) is 5.82 Å². The lowest BCUT2D eigenvalue weighted by Gasteiger charge is -2.10. The van der Waals surface area contributed by atoms with Crippen LogP contribution in [0.3, 0.4) is 0 Å². The Kier molecular flexibility index (Phi) is 5.57. The summed E-state index contributed by atoms with van der Waals surface area (Å²) < 4.78 is 1.69. The molecule has 3 aromatic carbocycles. The summed E-state index contributed by atoms with van der Waals surface area (Å²) in [6, 6.07) is 20.2. The van der Waals surface area contributed by atoms with E-state index in [1.165, 1.54) is 0 Å². The van der Waals surface area contributed by atoms with Gasteiger partial charge in [0.25, 0.3) is 5.91 Å². The van der Waals surface area contributed by atoms with Gasteiger partial charge in [-0.2, -0.15) is 0 Å². The van der Waals surface area contributed by atoms with Gasteiger partial charge in [-0.15, -0.1) is 5.10 Å². The number of hydrogen-bond acceptors (Lipinski definition) is 3. The van der Waals surface area contributed by atoms with E-state index in [0.717, 1.165) is 22.4 Å². The first kappa shape index (κ1) is 20.1. The first-order valence-electron chi connectivity index (χ1n) is 9.28. The number of nitrogens with zero attached hydrogens (tertiary/aromatic N) is 3. The highest BCUT2D eigenvalue weighted by Gasteiger charge is 2.20. The van der Waals surface area contributed by atoms with Gasteiger partial charge >= 0.3 is 0 Å². The zero-order chi connectivity index (χ0) is 21.3. The number of aromatic nitrogens is 3. The number of amides is 1. The van der Waals surface area contributed by atoms with Gasteiger partial charge in [0.2, 0.25) is 5.82 Å². The van der Waals surface area contributed by atoms with Crippen molar-refractivity contribution >= 4 is 34.8 Å². The molecule has 0 spiro atoms. The number of hydrogen-bond donors (Lipinski definition) is 1. The summed E-state index contributed by atoms with van der Waals surface area (Å²) in [5.74, 6) is 0.179. The molecular weight excluding hydrogens is 419 g/mol. The molecule has 0 aliphatic heterocycles. The lowest BCUT2D eigenvalue weighted by Crippen LogP contribution is -2.14. The molecule has 0 saturated heterocycles. The average molecular weight is 437 g/mol. The van der Waals surface area contributed by atoms with E-state index in [1.807, 2.05) is 44.2 Å². The van der Waals surface area contributed by atoms with E-state index in [1.54, 1.807) is 41.1 Å². The van der Waals surface area contributed by atoms with E-state index in [9.17, 15) is 4.79 Å². The van der Waals surface area contributed by atoms with Gasteiger partial charge < -0.3 is 5.32 Å². The molecule has 7 heteroatoms. The molecule has 0 aliphatic carbocycles. The Bertz CT molecular complexity index is 1230. The molecule has 0 unspecified atom stereocenters. The van der Waals surface area contributed by atoms with Gasteiger partial charge in [0.05, 0.1) is 5.69 Å². The van der Waals surface area contributed by atoms with Crippen molar-refractivity contribution < 1.29 is 4.79 Å². The van der Waals surface area contributed by atoms with Crippen molar-refractivity contribution in [3.05, 3.63) is 93.7 Å². The zero-order valence-corrected chi connectivity index (χ0v) is 17.9. The van der Waals surface area contributed by atoms with Crippen molar-refractivity contribution in [2.24, 2.45) is 0 Å². The highest BCUT2D eigenvalue weighted by Crippen LogP contribution is 2.26. The Balaban J connectivity index is 1.80. The Morgan fingerprint density at radius 2 is 1.70 bits per heavy atom. The summed E-state index contributed by atoms with van der Waals surface area (Å²) in [5.41, 5.74) is 4.31. The lowest BCUT2D eigenvalue weighted by molar-refractivity contribution is 0.101. The van der Waals surface area contributed by atoms with Gasteiger partial charge in [0, 0.05) is 21.3 Å². The first-order valence-corrected chi connectivity index (χ1v) is 10.0. The monoisotopic (exact) mass is 436 g/mol. The summed E-state index contributed by atoms with van der Waals surface area (Å²) in [4.78, 5) is 17.4. The molecule has 4 aromatic rings. The van der Waals surface area contributed by atoms with Crippen LogP contribution in [0.4, 0.5) is 5.69 Å². The predicted molar refractivity (Wildman–Crippen MR) is 121 cm³/mol. The van der Waals surface area contributed by atoms with E-state index in [4.69, 9.17) is 23.2 Å². The van der Waals surface area contributed by atoms with Crippen LogP contribution in [0.25, 0.3) is 17.1 Å². The third-order valence-electron chi connectivity index (χ3n) is 4.59. The van der Waals surface area contributed by atoms with Crippen molar-refractivity contribution in [1.82, 2.24) is 14.8 Å². The van der Waals surface area contributed by atoms with Crippen LogP contribution in [0.5, 0.6) is 0 Å². The van der Waals surface area contributed by atoms with Gasteiger partial charge in [0.15, 0.2) is 5.82 Å². The predicted octanol–water partition coefficient (Wildman–Crippen LogP) is 6.11. The van der Waals surface area contributed by atoms with Crippen LogP contribution in [0.2, 0.25) is 10.0 Å². The van der Waals surface area contributed by atoms with Crippen LogP contribution in [-0.2, 0) is 0 Å². The Morgan fingerprint density at radius 3 is 2.43 bits per heavy atom. The zero-order valence-electron chi connectivity index (χ0n) is 16.4. The van der Waals surface area contributed by atoms with E-state index >= 15 is 0 Å². The smallest absolute Gasteiger partial charge is 0.295 e. The van der Waals surface area contributed by atoms with Gasteiger partial charge in [-0.3, -0.25) is 4.79 Å². The fraction of sp³-hybridized carbons (Fsp3) is 0.0870. The summed E-state index contributed by atoms with van der Waals surface area (Å²) in [7, 11) is 0. The number of carbonyl (C=O) groups is 1. The highest BCUT2D eigenvalue weighted by atomic mass is 35.5. The molecule has 30 heavy (non-hydrogen) atoms. The minimum absolute atomic E-state index is 0.0563. The fourth-order valence-corrected chi connectivity index (χ4v) is 3.37. The minimum atomic E-state index is -0.412. The second-order valence-corrected chi connectivity index (χ2v) is 7.80. The largest absolute Gasteiger partial charge is 0.319 e. The molecule has 1 aromatic heterocycles. The van der Waals surface area contributed by atoms with Crippen molar-refractivity contribution in [3.63, 3.8) is 0 Å². The molecule has 0 atom stereocenters. The van der Waals surface area contributed by atoms with Gasteiger partial charge in [0.1, 0.15) is 0 Å². The quantitative estimate of drug-likeness (QED) is 0.419. The topological polar surface area (TPSA) is 59.8 Å². The van der Waals surface area contributed by atoms with Crippen molar-refractivity contribution in [2.45, 2.75) is 13.8 Å². The molecule has 0 saturated carbocycles. The van der Waals surface area contributed by atoms with Crippen LogP contribution >= 0.6 is 23.2 Å². The maximum atomic E-state index is 12.8. The molecule has 5 nitrogen and oxygen atoms in total. The molecule has 4 rings (SSSR count). The summed E-state index contributed by atoms with van der Waals surface area (Å²) in [6.07, 6.45) is 0. The van der Waals surface area contributed by atoms with Crippen LogP contribution < -0.4 is 5.32 Å². The SMILES string of the molecule is Cc1ccc(C)c(-n2nc(C(=O)Nc3ccc(Cl)cc3)nc2-c2cccc(Cl)c2)c1. The number of rotatable bonds is 4. The van der Waals surface area contributed by atoms with Crippen LogP contribution in [-0.4, -0.2) is 20.7 Å². The van der Waals surface area contributed by atoms with Crippen molar-refractivity contribution in [2.75, 3.05) is 5.32 Å². The molecule has 0 bridgehead atoms. The molecule has 1 N–H and O–H groups in total. The number of carbonyl (C=O) groups excluding carboxylic acids is 1. The maximum absolute atomic E-state index is 12.8. The fourth-order valence-electron chi connectivity index (χ4n) is 3.06. The van der Waals surface area contributed by atoms with Crippen LogP contribution in [0.15, 0.2) is 66.7 Å². The highest BCUT2D eigenvalue weighted by molar-refractivity contribution is 6.31. The number of aryl methyl sites for hydroxylation is 2. The normalized spacial score (nSPS) is 10.8. The van der Waals surface area contributed by atoms with E-state index in [2.05, 4.69) is 15.4 Å². The van der Waals surface area contributed by atoms with E-state index < -0.39 is 5.91 Å². The third-order valence-corrected chi connectivity index (χ3v) is 5.08. The molecule has 1 heterocycles. The lowest BCUT2D eigenvalue weighted by atomic mass is 10.1. The van der Waals surface area contributed by atoms with Crippen molar-refractivity contribution in [1.29, 1.82) is 0 Å². The van der Waals surface area contributed by atoms with Crippen molar-refractivity contribution in [3.8, 4) is 17.1 Å². The molecule has 1 amide bonds. The standard InChI is InChI=1S/C23H18Cl2N4O/c1-14-6-7-15(2)20(12-14)29-22(16-4-3-5-18(25)13-16)27-21(28-29)23(30)26-19-10-8-17(24)9-11-19/h3-13H,1-2H3,(H,26,30). The number of halogens is 2. The molecule has 0 fully saturated rings. The molecule has 150 valence electrons. The summed E-state index contributed by atoms with van der Waals surface area (Å²) in [6.45, 7) is 4.00. The maximum Gasteiger partial charge on any atom is 0.295 e. The number of nitrogens with one attached hydrogen (secondary N) is 1. The Hall–Kier alpha value is -3.15. The Morgan fingerprint density at radius 1 is 0.933 bits per heavy atom. The molecule has 0 aliphatic rings. The number of anilines is 1. The van der Waals surface area contributed by atoms with Gasteiger partial charge in [-0.25, -0.2) is 9.67 Å². The molecule has 0 radical (unpaired) electrons. The third kappa shape index (κ3) is 4.22. The van der Waals surface area contributed by atoms with Crippen LogP contribution in [0, 0.1) is 13.8 Å². The molecular formula is C23H18Cl2N4O. The average Bonchev–Trinajstić information content (AvgIpc) is 3.17. The van der Waals surface area contributed by atoms with Gasteiger partial charge in [-0.1, -0.05) is 47.5 Å².